The van der Waals surface area contributed by atoms with E-state index < -0.39 is 11.6 Å². The molecule has 3 heterocycles. The van der Waals surface area contributed by atoms with Gasteiger partial charge in [-0.05, 0) is 94.5 Å². The number of fused-ring (bicyclic) bond motifs is 2. The number of nitrogens with zero attached hydrogens (tertiary/aromatic N) is 2. The molecule has 5 rings (SSSR count). The zero-order valence-corrected chi connectivity index (χ0v) is 21.5. The first kappa shape index (κ1) is 24.4. The monoisotopic (exact) mass is 490 g/mol. The van der Waals surface area contributed by atoms with Crippen LogP contribution in [0, 0.1) is 18.6 Å². The number of hydrogen-bond donors (Lipinski definition) is 0. The summed E-state index contributed by atoms with van der Waals surface area (Å²) in [6, 6.07) is 12.5. The lowest BCUT2D eigenvalue weighted by molar-refractivity contribution is -0.0530. The largest absolute Gasteiger partial charge is 0.493 e. The highest BCUT2D eigenvalue weighted by Crippen LogP contribution is 2.41. The summed E-state index contributed by atoms with van der Waals surface area (Å²) >= 11 is 0. The molecule has 4 aromatic rings. The van der Waals surface area contributed by atoms with Crippen LogP contribution in [0.3, 0.4) is 0 Å². The third-order valence-electron chi connectivity index (χ3n) is 6.61. The summed E-state index contributed by atoms with van der Waals surface area (Å²) in [5.41, 5.74) is 6.48. The van der Waals surface area contributed by atoms with Crippen molar-refractivity contribution in [2.24, 2.45) is 0 Å². The molecule has 6 heteroatoms. The van der Waals surface area contributed by atoms with Gasteiger partial charge < -0.3 is 14.0 Å². The fourth-order valence-electron chi connectivity index (χ4n) is 5.20. The average Bonchev–Trinajstić information content (AvgIpc) is 3.21. The first-order valence-corrected chi connectivity index (χ1v) is 12.5. The van der Waals surface area contributed by atoms with E-state index in [1.165, 1.54) is 17.7 Å². The molecule has 0 fully saturated rings. The van der Waals surface area contributed by atoms with Crippen LogP contribution in [0.15, 0.2) is 48.7 Å². The standard InChI is InChI=1S/C30H32F2N2O2/c1-18-27(19(2)36-30(3,4)5)28(22-9-11-26-21(16-22)7-6-14-35-26)23-12-13-34(29(23)33-18)17-20-8-10-24(31)25(32)15-20/h8-13,15-16,19H,6-7,14,17H2,1-5H3. The van der Waals surface area contributed by atoms with Crippen LogP contribution in [0.25, 0.3) is 22.2 Å². The number of pyridine rings is 1. The maximum Gasteiger partial charge on any atom is 0.159 e. The van der Waals surface area contributed by atoms with Gasteiger partial charge >= 0.3 is 0 Å². The Morgan fingerprint density at radius 1 is 1.08 bits per heavy atom. The highest BCUT2D eigenvalue weighted by molar-refractivity contribution is 5.96. The Labute approximate surface area is 210 Å². The lowest BCUT2D eigenvalue weighted by Gasteiger charge is -2.28. The zero-order chi connectivity index (χ0) is 25.6. The Morgan fingerprint density at radius 2 is 1.89 bits per heavy atom. The summed E-state index contributed by atoms with van der Waals surface area (Å²) in [6.07, 6.45) is 3.76. The van der Waals surface area contributed by atoms with Crippen molar-refractivity contribution >= 4 is 11.0 Å². The summed E-state index contributed by atoms with van der Waals surface area (Å²) in [5, 5.41) is 0.999. The van der Waals surface area contributed by atoms with Gasteiger partial charge in [-0.1, -0.05) is 12.1 Å². The van der Waals surface area contributed by atoms with E-state index in [9.17, 15) is 8.78 Å². The van der Waals surface area contributed by atoms with Gasteiger partial charge in [0.2, 0.25) is 0 Å². The van der Waals surface area contributed by atoms with E-state index in [4.69, 9.17) is 14.5 Å². The van der Waals surface area contributed by atoms with Gasteiger partial charge in [0.25, 0.3) is 0 Å². The average molecular weight is 491 g/mol. The molecule has 4 nitrogen and oxygen atoms in total. The van der Waals surface area contributed by atoms with E-state index >= 15 is 0 Å². The number of aromatic nitrogens is 2. The van der Waals surface area contributed by atoms with Crippen molar-refractivity contribution in [2.75, 3.05) is 6.61 Å². The van der Waals surface area contributed by atoms with Crippen LogP contribution in [-0.4, -0.2) is 21.8 Å². The van der Waals surface area contributed by atoms with Crippen molar-refractivity contribution in [3.63, 3.8) is 0 Å². The van der Waals surface area contributed by atoms with Gasteiger partial charge in [0, 0.05) is 34.9 Å². The molecule has 2 aromatic carbocycles. The molecule has 0 bridgehead atoms. The van der Waals surface area contributed by atoms with E-state index in [1.807, 2.05) is 17.7 Å². The zero-order valence-electron chi connectivity index (χ0n) is 21.5. The Hall–Kier alpha value is -3.25. The third-order valence-corrected chi connectivity index (χ3v) is 6.61. The van der Waals surface area contributed by atoms with Crippen LogP contribution in [-0.2, 0) is 17.7 Å². The fourth-order valence-corrected chi connectivity index (χ4v) is 5.20. The van der Waals surface area contributed by atoms with Gasteiger partial charge in [0.1, 0.15) is 11.4 Å². The number of hydrogen-bond acceptors (Lipinski definition) is 3. The van der Waals surface area contributed by atoms with Crippen LogP contribution in [0.2, 0.25) is 0 Å². The Bertz CT molecular complexity index is 1440. The lowest BCUT2D eigenvalue weighted by atomic mass is 9.91. The summed E-state index contributed by atoms with van der Waals surface area (Å²) in [6.45, 7) is 11.4. The minimum absolute atomic E-state index is 0.182. The summed E-state index contributed by atoms with van der Waals surface area (Å²) in [4.78, 5) is 4.99. The van der Waals surface area contributed by atoms with E-state index in [-0.39, 0.29) is 11.7 Å². The predicted octanol–water partition coefficient (Wildman–Crippen LogP) is 7.54. The normalized spacial score (nSPS) is 14.5. The molecule has 0 amide bonds. The molecule has 1 atom stereocenters. The van der Waals surface area contributed by atoms with E-state index in [1.54, 1.807) is 6.07 Å². The van der Waals surface area contributed by atoms with Crippen molar-refractivity contribution in [1.29, 1.82) is 0 Å². The molecule has 2 aromatic heterocycles. The van der Waals surface area contributed by atoms with Gasteiger partial charge in [-0.2, -0.15) is 0 Å². The molecule has 0 saturated carbocycles. The topological polar surface area (TPSA) is 36.3 Å². The molecule has 1 aliphatic rings. The first-order chi connectivity index (χ1) is 17.1. The van der Waals surface area contributed by atoms with E-state index in [2.05, 4.69) is 52.0 Å². The summed E-state index contributed by atoms with van der Waals surface area (Å²) < 4.78 is 41.6. The lowest BCUT2D eigenvalue weighted by Crippen LogP contribution is -2.22. The SMILES string of the molecule is Cc1nc2c(ccn2Cc2ccc(F)c(F)c2)c(-c2ccc3c(c2)CCCO3)c1C(C)OC(C)(C)C. The highest BCUT2D eigenvalue weighted by atomic mass is 19.2. The van der Waals surface area contributed by atoms with Crippen molar-refractivity contribution in [3.8, 4) is 16.9 Å². The van der Waals surface area contributed by atoms with Gasteiger partial charge in [-0.3, -0.25) is 0 Å². The van der Waals surface area contributed by atoms with E-state index in [0.29, 0.717) is 12.1 Å². The maximum absolute atomic E-state index is 13.9. The van der Waals surface area contributed by atoms with Crippen LogP contribution in [0.4, 0.5) is 8.78 Å². The molecule has 188 valence electrons. The summed E-state index contributed by atoms with van der Waals surface area (Å²) in [5.74, 6) is -0.745. The van der Waals surface area contributed by atoms with Crippen molar-refractivity contribution < 1.29 is 18.3 Å². The number of ether oxygens (including phenoxy) is 2. The second-order valence-electron chi connectivity index (χ2n) is 10.6. The maximum atomic E-state index is 13.9. The molecule has 0 N–H and O–H groups in total. The molecule has 0 aliphatic carbocycles. The minimum Gasteiger partial charge on any atom is -0.493 e. The fraction of sp³-hybridized carbons (Fsp3) is 0.367. The Kier molecular flexibility index (Phi) is 6.33. The Morgan fingerprint density at radius 3 is 2.64 bits per heavy atom. The van der Waals surface area contributed by atoms with Crippen LogP contribution < -0.4 is 4.74 Å². The van der Waals surface area contributed by atoms with E-state index in [0.717, 1.165) is 58.6 Å². The van der Waals surface area contributed by atoms with Gasteiger partial charge in [-0.15, -0.1) is 0 Å². The number of aryl methyl sites for hydroxylation is 2. The highest BCUT2D eigenvalue weighted by Gasteiger charge is 2.26. The third kappa shape index (κ3) is 4.74. The van der Waals surface area contributed by atoms with Gasteiger partial charge in [0.15, 0.2) is 11.6 Å². The second kappa shape index (κ2) is 9.32. The predicted molar refractivity (Wildman–Crippen MR) is 138 cm³/mol. The van der Waals surface area contributed by atoms with Crippen molar-refractivity contribution in [2.45, 2.75) is 65.7 Å². The molecular weight excluding hydrogens is 458 g/mol. The number of benzene rings is 2. The summed E-state index contributed by atoms with van der Waals surface area (Å²) in [7, 11) is 0. The van der Waals surface area contributed by atoms with Crippen molar-refractivity contribution in [3.05, 3.63) is 82.7 Å². The molecule has 36 heavy (non-hydrogen) atoms. The molecular formula is C30H32F2N2O2. The van der Waals surface area contributed by atoms with Crippen LogP contribution >= 0.6 is 0 Å². The molecule has 0 saturated heterocycles. The molecule has 0 spiro atoms. The van der Waals surface area contributed by atoms with Gasteiger partial charge in [0.05, 0.1) is 18.3 Å². The molecule has 1 aliphatic heterocycles. The Balaban J connectivity index is 1.68. The van der Waals surface area contributed by atoms with Gasteiger partial charge in [-0.25, -0.2) is 13.8 Å². The first-order valence-electron chi connectivity index (χ1n) is 12.5. The number of halogens is 2. The second-order valence-corrected chi connectivity index (χ2v) is 10.6. The van der Waals surface area contributed by atoms with Crippen LogP contribution in [0.1, 0.15) is 62.6 Å². The number of rotatable bonds is 5. The minimum atomic E-state index is -0.847. The molecule has 1 unspecified atom stereocenters. The van der Waals surface area contributed by atoms with Crippen LogP contribution in [0.5, 0.6) is 5.75 Å². The quantitative estimate of drug-likeness (QED) is 0.290. The smallest absolute Gasteiger partial charge is 0.159 e. The molecule has 0 radical (unpaired) electrons. The van der Waals surface area contributed by atoms with Crippen molar-refractivity contribution in [1.82, 2.24) is 9.55 Å².